The molecule has 94 valence electrons. The van der Waals surface area contributed by atoms with Crippen LogP contribution in [0.2, 0.25) is 0 Å². The van der Waals surface area contributed by atoms with E-state index in [4.69, 9.17) is 5.11 Å². The van der Waals surface area contributed by atoms with Gasteiger partial charge < -0.3 is 5.11 Å². The molecule has 5 nitrogen and oxygen atoms in total. The van der Waals surface area contributed by atoms with Crippen LogP contribution >= 0.6 is 0 Å². The van der Waals surface area contributed by atoms with Gasteiger partial charge in [0.05, 0.1) is 12.5 Å². The van der Waals surface area contributed by atoms with Crippen molar-refractivity contribution in [3.63, 3.8) is 0 Å². The van der Waals surface area contributed by atoms with E-state index in [1.54, 1.807) is 12.3 Å². The minimum absolute atomic E-state index is 0.0476. The van der Waals surface area contributed by atoms with E-state index in [-0.39, 0.29) is 12.0 Å². The summed E-state index contributed by atoms with van der Waals surface area (Å²) in [6.07, 6.45) is 1.73. The predicted octanol–water partition coefficient (Wildman–Crippen LogP) is 1.17. The van der Waals surface area contributed by atoms with Crippen LogP contribution in [-0.2, 0) is 11.2 Å². The molecular formula is C12H19N3O2. The molecule has 1 aliphatic rings. The first kappa shape index (κ1) is 12.1. The molecule has 1 aromatic heterocycles. The number of aromatic nitrogens is 2. The lowest BCUT2D eigenvalue weighted by Gasteiger charge is -2.47. The SMILES string of the molecule is CC(C)(C)N1CC(n2nccc2CC(=O)O)C1. The monoisotopic (exact) mass is 237 g/mol. The zero-order valence-corrected chi connectivity index (χ0v) is 10.6. The lowest BCUT2D eigenvalue weighted by atomic mass is 9.97. The van der Waals surface area contributed by atoms with Crippen LogP contribution in [-0.4, -0.2) is 44.4 Å². The first-order valence-electron chi connectivity index (χ1n) is 5.87. The molecule has 1 saturated heterocycles. The van der Waals surface area contributed by atoms with Gasteiger partial charge in [-0.05, 0) is 26.8 Å². The van der Waals surface area contributed by atoms with Crippen molar-refractivity contribution < 1.29 is 9.90 Å². The zero-order chi connectivity index (χ0) is 12.6. The smallest absolute Gasteiger partial charge is 0.309 e. The highest BCUT2D eigenvalue weighted by Gasteiger charge is 2.36. The fourth-order valence-electron chi connectivity index (χ4n) is 2.12. The molecule has 17 heavy (non-hydrogen) atoms. The quantitative estimate of drug-likeness (QED) is 0.857. The standard InChI is InChI=1S/C12H19N3O2/c1-12(2,3)14-7-10(8-14)15-9(4-5-13-15)6-11(16)17/h4-5,10H,6-8H2,1-3H3,(H,16,17). The fourth-order valence-corrected chi connectivity index (χ4v) is 2.12. The Balaban J connectivity index is 2.02. The van der Waals surface area contributed by atoms with Crippen LogP contribution in [0.5, 0.6) is 0 Å². The van der Waals surface area contributed by atoms with Gasteiger partial charge in [0, 0.05) is 30.5 Å². The van der Waals surface area contributed by atoms with Crippen LogP contribution in [0.3, 0.4) is 0 Å². The van der Waals surface area contributed by atoms with Crippen molar-refractivity contribution in [3.05, 3.63) is 18.0 Å². The Morgan fingerprint density at radius 3 is 2.71 bits per heavy atom. The molecule has 0 aromatic carbocycles. The summed E-state index contributed by atoms with van der Waals surface area (Å²) in [6.45, 7) is 8.44. The lowest BCUT2D eigenvalue weighted by Crippen LogP contribution is -2.56. The van der Waals surface area contributed by atoms with Crippen LogP contribution in [0, 0.1) is 0 Å². The highest BCUT2D eigenvalue weighted by Crippen LogP contribution is 2.29. The number of hydrogen-bond acceptors (Lipinski definition) is 3. The van der Waals surface area contributed by atoms with Gasteiger partial charge >= 0.3 is 5.97 Å². The minimum Gasteiger partial charge on any atom is -0.481 e. The van der Waals surface area contributed by atoms with E-state index >= 15 is 0 Å². The van der Waals surface area contributed by atoms with Crippen molar-refractivity contribution >= 4 is 5.97 Å². The molecule has 5 heteroatoms. The number of carboxylic acid groups (broad SMARTS) is 1. The zero-order valence-electron chi connectivity index (χ0n) is 10.6. The Morgan fingerprint density at radius 1 is 1.53 bits per heavy atom. The van der Waals surface area contributed by atoms with E-state index in [0.29, 0.717) is 6.04 Å². The Morgan fingerprint density at radius 2 is 2.18 bits per heavy atom. The summed E-state index contributed by atoms with van der Waals surface area (Å²) in [6, 6.07) is 2.10. The third-order valence-corrected chi connectivity index (χ3v) is 3.24. The average Bonchev–Trinajstić information content (AvgIpc) is 2.46. The van der Waals surface area contributed by atoms with E-state index in [2.05, 4.69) is 30.8 Å². The topological polar surface area (TPSA) is 58.4 Å². The molecule has 0 bridgehead atoms. The number of carboxylic acids is 1. The van der Waals surface area contributed by atoms with E-state index in [1.165, 1.54) is 0 Å². The van der Waals surface area contributed by atoms with Crippen molar-refractivity contribution in [2.75, 3.05) is 13.1 Å². The minimum atomic E-state index is -0.807. The largest absolute Gasteiger partial charge is 0.481 e. The van der Waals surface area contributed by atoms with Gasteiger partial charge in [0.1, 0.15) is 0 Å². The van der Waals surface area contributed by atoms with E-state index in [1.807, 2.05) is 4.68 Å². The number of likely N-dealkylation sites (tertiary alicyclic amines) is 1. The lowest BCUT2D eigenvalue weighted by molar-refractivity contribution is -0.136. The van der Waals surface area contributed by atoms with Crippen molar-refractivity contribution in [2.45, 2.75) is 38.8 Å². The number of hydrogen-bond donors (Lipinski definition) is 1. The first-order chi connectivity index (χ1) is 7.88. The third-order valence-electron chi connectivity index (χ3n) is 3.24. The van der Waals surface area contributed by atoms with Gasteiger partial charge in [-0.25, -0.2) is 0 Å². The van der Waals surface area contributed by atoms with Gasteiger partial charge in [-0.3, -0.25) is 14.4 Å². The van der Waals surface area contributed by atoms with Crippen molar-refractivity contribution in [1.82, 2.24) is 14.7 Å². The summed E-state index contributed by atoms with van der Waals surface area (Å²) in [5.41, 5.74) is 0.965. The first-order valence-corrected chi connectivity index (χ1v) is 5.87. The normalized spacial score (nSPS) is 18.1. The van der Waals surface area contributed by atoms with E-state index in [9.17, 15) is 4.79 Å². The number of carbonyl (C=O) groups is 1. The van der Waals surface area contributed by atoms with E-state index in [0.717, 1.165) is 18.8 Å². The Bertz CT molecular complexity index is 414. The molecule has 0 unspecified atom stereocenters. The van der Waals surface area contributed by atoms with Gasteiger partial charge in [0.25, 0.3) is 0 Å². The van der Waals surface area contributed by atoms with Crippen LogP contribution in [0.15, 0.2) is 12.3 Å². The van der Waals surface area contributed by atoms with Crippen molar-refractivity contribution in [1.29, 1.82) is 0 Å². The van der Waals surface area contributed by atoms with Gasteiger partial charge in [-0.2, -0.15) is 5.10 Å². The molecule has 2 heterocycles. The highest BCUT2D eigenvalue weighted by molar-refractivity contribution is 5.69. The maximum absolute atomic E-state index is 10.7. The molecule has 0 amide bonds. The molecule has 2 rings (SSSR count). The maximum Gasteiger partial charge on any atom is 0.309 e. The predicted molar refractivity (Wildman–Crippen MR) is 63.9 cm³/mol. The Labute approximate surface area is 101 Å². The number of aliphatic carboxylic acids is 1. The average molecular weight is 237 g/mol. The highest BCUT2D eigenvalue weighted by atomic mass is 16.4. The number of nitrogens with zero attached hydrogens (tertiary/aromatic N) is 3. The summed E-state index contributed by atoms with van der Waals surface area (Å²) in [7, 11) is 0. The summed E-state index contributed by atoms with van der Waals surface area (Å²) >= 11 is 0. The summed E-state index contributed by atoms with van der Waals surface area (Å²) in [4.78, 5) is 13.1. The molecule has 1 aromatic rings. The molecule has 0 saturated carbocycles. The maximum atomic E-state index is 10.7. The summed E-state index contributed by atoms with van der Waals surface area (Å²) < 4.78 is 1.86. The van der Waals surface area contributed by atoms with E-state index < -0.39 is 5.97 Å². The second kappa shape index (κ2) is 4.14. The molecule has 0 spiro atoms. The van der Waals surface area contributed by atoms with Crippen molar-refractivity contribution in [2.24, 2.45) is 0 Å². The van der Waals surface area contributed by atoms with Crippen LogP contribution in [0.1, 0.15) is 32.5 Å². The molecule has 0 radical (unpaired) electrons. The molecule has 1 fully saturated rings. The Hall–Kier alpha value is -1.36. The third kappa shape index (κ3) is 2.49. The van der Waals surface area contributed by atoms with Crippen LogP contribution in [0.25, 0.3) is 0 Å². The second-order valence-corrected chi connectivity index (χ2v) is 5.57. The second-order valence-electron chi connectivity index (χ2n) is 5.57. The number of rotatable bonds is 3. The molecule has 0 atom stereocenters. The molecular weight excluding hydrogens is 218 g/mol. The van der Waals surface area contributed by atoms with Gasteiger partial charge in [-0.15, -0.1) is 0 Å². The fraction of sp³-hybridized carbons (Fsp3) is 0.667. The van der Waals surface area contributed by atoms with Crippen LogP contribution in [0.4, 0.5) is 0 Å². The Kier molecular flexibility index (Phi) is 2.95. The molecule has 1 N–H and O–H groups in total. The molecule has 1 aliphatic heterocycles. The van der Waals surface area contributed by atoms with Gasteiger partial charge in [0.2, 0.25) is 0 Å². The van der Waals surface area contributed by atoms with Crippen molar-refractivity contribution in [3.8, 4) is 0 Å². The summed E-state index contributed by atoms with van der Waals surface area (Å²) in [5.74, 6) is -0.807. The van der Waals surface area contributed by atoms with Gasteiger partial charge in [0.15, 0.2) is 0 Å². The summed E-state index contributed by atoms with van der Waals surface area (Å²) in [5, 5.41) is 13.0. The van der Waals surface area contributed by atoms with Gasteiger partial charge in [-0.1, -0.05) is 0 Å². The molecule has 0 aliphatic carbocycles. The van der Waals surface area contributed by atoms with Crippen LogP contribution < -0.4 is 0 Å².